The smallest absolute Gasteiger partial charge is 0.123 e. The zero-order chi connectivity index (χ0) is 14.5. The fourth-order valence-electron chi connectivity index (χ4n) is 2.24. The molecule has 2 aromatic rings. The molecule has 0 aromatic heterocycles. The maximum absolute atomic E-state index is 13.0. The van der Waals surface area contributed by atoms with Crippen molar-refractivity contribution in [1.29, 1.82) is 0 Å². The van der Waals surface area contributed by atoms with Crippen LogP contribution in [-0.4, -0.2) is 13.6 Å². The number of halogens is 3. The summed E-state index contributed by atoms with van der Waals surface area (Å²) in [7, 11) is 1.92. The fourth-order valence-corrected chi connectivity index (χ4v) is 2.99. The molecule has 0 fully saturated rings. The molecule has 0 saturated carbocycles. The molecule has 2 aromatic carbocycles. The van der Waals surface area contributed by atoms with Gasteiger partial charge in [-0.2, -0.15) is 0 Å². The first-order chi connectivity index (χ1) is 9.60. The Bertz CT molecular complexity index is 571. The second-order valence-electron chi connectivity index (χ2n) is 4.75. The molecular formula is C16H16BrClFN. The first kappa shape index (κ1) is 15.5. The van der Waals surface area contributed by atoms with Crippen LogP contribution in [0.25, 0.3) is 0 Å². The first-order valence-corrected chi connectivity index (χ1v) is 7.61. The van der Waals surface area contributed by atoms with Gasteiger partial charge in [0.25, 0.3) is 0 Å². The van der Waals surface area contributed by atoms with E-state index in [0.29, 0.717) is 0 Å². The van der Waals surface area contributed by atoms with E-state index in [1.54, 1.807) is 0 Å². The summed E-state index contributed by atoms with van der Waals surface area (Å²) in [5.41, 5.74) is 2.21. The minimum absolute atomic E-state index is 0.210. The number of hydrogen-bond donors (Lipinski definition) is 1. The highest BCUT2D eigenvalue weighted by molar-refractivity contribution is 9.10. The Morgan fingerprint density at radius 1 is 1.20 bits per heavy atom. The Labute approximate surface area is 132 Å². The number of nitrogens with one attached hydrogen (secondary N) is 1. The fraction of sp³-hybridized carbons (Fsp3) is 0.250. The summed E-state index contributed by atoms with van der Waals surface area (Å²) in [6.07, 6.45) is 0.818. The van der Waals surface area contributed by atoms with Crippen molar-refractivity contribution >= 4 is 27.5 Å². The SMILES string of the molecule is CNCC(Cc1ccc(Br)cc1Cl)c1ccc(F)cc1. The number of benzene rings is 2. The third kappa shape index (κ3) is 4.05. The lowest BCUT2D eigenvalue weighted by atomic mass is 9.92. The molecule has 4 heteroatoms. The molecule has 1 N–H and O–H groups in total. The lowest BCUT2D eigenvalue weighted by Gasteiger charge is -2.18. The molecule has 20 heavy (non-hydrogen) atoms. The van der Waals surface area contributed by atoms with Crippen LogP contribution in [0, 0.1) is 5.82 Å². The highest BCUT2D eigenvalue weighted by atomic mass is 79.9. The van der Waals surface area contributed by atoms with Crippen LogP contribution in [0.2, 0.25) is 5.02 Å². The molecule has 1 unspecified atom stereocenters. The third-order valence-corrected chi connectivity index (χ3v) is 4.12. The lowest BCUT2D eigenvalue weighted by molar-refractivity contribution is 0.611. The minimum atomic E-state index is -0.210. The van der Waals surface area contributed by atoms with Gasteiger partial charge in [-0.25, -0.2) is 4.39 Å². The van der Waals surface area contributed by atoms with Crippen LogP contribution in [0.3, 0.4) is 0 Å². The van der Waals surface area contributed by atoms with E-state index in [0.717, 1.165) is 33.6 Å². The summed E-state index contributed by atoms with van der Waals surface area (Å²) in [5, 5.41) is 3.94. The van der Waals surface area contributed by atoms with Gasteiger partial charge in [0.15, 0.2) is 0 Å². The molecule has 2 rings (SSSR count). The summed E-state index contributed by atoms with van der Waals surface area (Å²) in [5.74, 6) is 0.0536. The average Bonchev–Trinajstić information content (AvgIpc) is 2.42. The van der Waals surface area contributed by atoms with Crippen LogP contribution in [0.5, 0.6) is 0 Å². The van der Waals surface area contributed by atoms with Crippen molar-refractivity contribution in [2.75, 3.05) is 13.6 Å². The van der Waals surface area contributed by atoms with Gasteiger partial charge in [0.05, 0.1) is 0 Å². The summed E-state index contributed by atoms with van der Waals surface area (Å²) in [6, 6.07) is 12.6. The van der Waals surface area contributed by atoms with Crippen LogP contribution >= 0.6 is 27.5 Å². The maximum Gasteiger partial charge on any atom is 0.123 e. The lowest BCUT2D eigenvalue weighted by Crippen LogP contribution is -2.19. The Morgan fingerprint density at radius 3 is 2.50 bits per heavy atom. The van der Waals surface area contributed by atoms with Gasteiger partial charge in [-0.3, -0.25) is 0 Å². The van der Waals surface area contributed by atoms with Gasteiger partial charge >= 0.3 is 0 Å². The van der Waals surface area contributed by atoms with Crippen molar-refractivity contribution in [1.82, 2.24) is 5.32 Å². The predicted molar refractivity (Wildman–Crippen MR) is 85.9 cm³/mol. The topological polar surface area (TPSA) is 12.0 Å². The molecule has 0 heterocycles. The largest absolute Gasteiger partial charge is 0.319 e. The van der Waals surface area contributed by atoms with Crippen LogP contribution in [0.1, 0.15) is 17.0 Å². The Morgan fingerprint density at radius 2 is 1.90 bits per heavy atom. The molecular weight excluding hydrogens is 341 g/mol. The molecule has 106 valence electrons. The Hall–Kier alpha value is -0.900. The molecule has 0 saturated heterocycles. The summed E-state index contributed by atoms with van der Waals surface area (Å²) < 4.78 is 14.0. The second-order valence-corrected chi connectivity index (χ2v) is 6.07. The first-order valence-electron chi connectivity index (χ1n) is 6.44. The van der Waals surface area contributed by atoms with Gasteiger partial charge in [0.2, 0.25) is 0 Å². The van der Waals surface area contributed by atoms with Gasteiger partial charge < -0.3 is 5.32 Å². The normalized spacial score (nSPS) is 12.4. The summed E-state index contributed by atoms with van der Waals surface area (Å²) in [4.78, 5) is 0. The van der Waals surface area contributed by atoms with Crippen LogP contribution in [-0.2, 0) is 6.42 Å². The quantitative estimate of drug-likeness (QED) is 0.812. The van der Waals surface area contributed by atoms with Crippen molar-refractivity contribution in [3.63, 3.8) is 0 Å². The van der Waals surface area contributed by atoms with Gasteiger partial charge in [-0.15, -0.1) is 0 Å². The third-order valence-electron chi connectivity index (χ3n) is 3.27. The molecule has 0 aliphatic rings. The molecule has 0 aliphatic carbocycles. The van der Waals surface area contributed by atoms with Gasteiger partial charge in [0.1, 0.15) is 5.82 Å². The number of hydrogen-bond acceptors (Lipinski definition) is 1. The molecule has 0 amide bonds. The minimum Gasteiger partial charge on any atom is -0.319 e. The van der Waals surface area contributed by atoms with E-state index in [-0.39, 0.29) is 11.7 Å². The van der Waals surface area contributed by atoms with Gasteiger partial charge in [-0.1, -0.05) is 45.7 Å². The van der Waals surface area contributed by atoms with E-state index >= 15 is 0 Å². The summed E-state index contributed by atoms with van der Waals surface area (Å²) >= 11 is 9.68. The van der Waals surface area contributed by atoms with E-state index in [1.165, 1.54) is 12.1 Å². The van der Waals surface area contributed by atoms with E-state index < -0.39 is 0 Å². The average molecular weight is 357 g/mol. The van der Waals surface area contributed by atoms with Gasteiger partial charge in [-0.05, 0) is 48.9 Å². The molecule has 0 spiro atoms. The molecule has 0 aliphatic heterocycles. The van der Waals surface area contributed by atoms with E-state index in [9.17, 15) is 4.39 Å². The molecule has 1 nitrogen and oxygen atoms in total. The Kier molecular flexibility index (Phi) is 5.58. The molecule has 0 bridgehead atoms. The van der Waals surface area contributed by atoms with Crippen molar-refractivity contribution in [3.8, 4) is 0 Å². The highest BCUT2D eigenvalue weighted by Gasteiger charge is 2.14. The monoisotopic (exact) mass is 355 g/mol. The van der Waals surface area contributed by atoms with Gasteiger partial charge in [0, 0.05) is 22.0 Å². The van der Waals surface area contributed by atoms with Crippen LogP contribution < -0.4 is 5.32 Å². The van der Waals surface area contributed by atoms with Crippen molar-refractivity contribution in [3.05, 3.63) is 68.9 Å². The van der Waals surface area contributed by atoms with E-state index in [1.807, 2.05) is 37.4 Å². The van der Waals surface area contributed by atoms with Crippen LogP contribution in [0.4, 0.5) is 4.39 Å². The highest BCUT2D eigenvalue weighted by Crippen LogP contribution is 2.27. The second kappa shape index (κ2) is 7.21. The van der Waals surface area contributed by atoms with Crippen molar-refractivity contribution < 1.29 is 4.39 Å². The van der Waals surface area contributed by atoms with Crippen LogP contribution in [0.15, 0.2) is 46.9 Å². The van der Waals surface area contributed by atoms with Crippen molar-refractivity contribution in [2.45, 2.75) is 12.3 Å². The van der Waals surface area contributed by atoms with E-state index in [2.05, 4.69) is 21.2 Å². The Balaban J connectivity index is 2.22. The number of likely N-dealkylation sites (N-methyl/N-ethyl adjacent to an activating group) is 1. The number of rotatable bonds is 5. The summed E-state index contributed by atoms with van der Waals surface area (Å²) in [6.45, 7) is 0.817. The van der Waals surface area contributed by atoms with E-state index in [4.69, 9.17) is 11.6 Å². The maximum atomic E-state index is 13.0. The standard InChI is InChI=1S/C16H16BrClFN/c1-20-10-13(11-3-6-15(19)7-4-11)8-12-2-5-14(17)9-16(12)18/h2-7,9,13,20H,8,10H2,1H3. The molecule has 0 radical (unpaired) electrons. The van der Waals surface area contributed by atoms with Crippen molar-refractivity contribution in [2.24, 2.45) is 0 Å². The molecule has 1 atom stereocenters. The zero-order valence-electron chi connectivity index (χ0n) is 11.2. The predicted octanol–water partition coefficient (Wildman–Crippen LogP) is 4.79. The zero-order valence-corrected chi connectivity index (χ0v) is 13.5.